The fourth-order valence-electron chi connectivity index (χ4n) is 4.30. The second kappa shape index (κ2) is 7.81. The predicted molar refractivity (Wildman–Crippen MR) is 87.5 cm³/mol. The topological polar surface area (TPSA) is 127 Å². The molecule has 0 spiro atoms. The minimum absolute atomic E-state index is 0. The number of rotatable bonds is 3. The Bertz CT molecular complexity index is 424. The van der Waals surface area contributed by atoms with Gasteiger partial charge >= 0.3 is 11.9 Å². The number of carboxylic acids is 2. The van der Waals surface area contributed by atoms with Gasteiger partial charge in [0.1, 0.15) is 5.41 Å². The Kier molecular flexibility index (Phi) is 7.62. The first-order valence-corrected chi connectivity index (χ1v) is 7.37. The van der Waals surface area contributed by atoms with Crippen LogP contribution in [0.5, 0.6) is 0 Å². The fourth-order valence-corrected chi connectivity index (χ4v) is 4.30. The third-order valence-corrected chi connectivity index (χ3v) is 5.44. The lowest BCUT2D eigenvalue weighted by molar-refractivity contribution is -0.176. The highest BCUT2D eigenvalue weighted by molar-refractivity contribution is 5.86. The molecule has 0 aromatic rings. The maximum Gasteiger partial charge on any atom is 0.312 e. The van der Waals surface area contributed by atoms with Crippen molar-refractivity contribution in [2.24, 2.45) is 22.8 Å². The van der Waals surface area contributed by atoms with E-state index in [9.17, 15) is 19.8 Å². The number of carboxylic acid groups (broad SMARTS) is 2. The highest BCUT2D eigenvalue weighted by atomic mass is 35.5. The molecule has 0 aliphatic heterocycles. The normalized spacial score (nSPS) is 38.3. The first-order chi connectivity index (χ1) is 9.36. The summed E-state index contributed by atoms with van der Waals surface area (Å²) in [6.45, 7) is 0. The van der Waals surface area contributed by atoms with Crippen molar-refractivity contribution in [2.45, 2.75) is 62.9 Å². The molecule has 2 aliphatic carbocycles. The summed E-state index contributed by atoms with van der Waals surface area (Å²) in [5.41, 5.74) is 10.1. The highest BCUT2D eigenvalue weighted by Crippen LogP contribution is 2.52. The summed E-state index contributed by atoms with van der Waals surface area (Å²) >= 11 is 0. The van der Waals surface area contributed by atoms with Crippen LogP contribution in [0.4, 0.5) is 0 Å². The standard InChI is InChI=1S/C14H24N2O4.2ClH/c15-10-6-2-4-8-14(10,16)13(12(19)20)7-3-1-5-9(13)11(17)18;;/h9-10H,1-8,15-16H2,(H,17,18)(H,19,20);2*1H. The summed E-state index contributed by atoms with van der Waals surface area (Å²) < 4.78 is 0. The van der Waals surface area contributed by atoms with Crippen LogP contribution >= 0.6 is 24.8 Å². The summed E-state index contributed by atoms with van der Waals surface area (Å²) in [5.74, 6) is -3.10. The summed E-state index contributed by atoms with van der Waals surface area (Å²) in [5, 5.41) is 19.3. The van der Waals surface area contributed by atoms with E-state index < -0.39 is 34.9 Å². The van der Waals surface area contributed by atoms with E-state index in [4.69, 9.17) is 11.5 Å². The van der Waals surface area contributed by atoms with Crippen LogP contribution < -0.4 is 11.5 Å². The third kappa shape index (κ3) is 3.07. The lowest BCUT2D eigenvalue weighted by atomic mass is 9.51. The van der Waals surface area contributed by atoms with Crippen molar-refractivity contribution >= 4 is 36.8 Å². The number of carbonyl (C=O) groups is 2. The minimum atomic E-state index is -1.43. The van der Waals surface area contributed by atoms with Gasteiger partial charge in [-0.25, -0.2) is 0 Å². The van der Waals surface area contributed by atoms with Gasteiger partial charge in [0.25, 0.3) is 0 Å². The van der Waals surface area contributed by atoms with Crippen LogP contribution in [0.2, 0.25) is 0 Å². The Hall–Kier alpha value is -0.560. The number of aliphatic carboxylic acids is 2. The molecule has 0 radical (unpaired) electrons. The Labute approximate surface area is 142 Å². The van der Waals surface area contributed by atoms with Gasteiger partial charge in [0.15, 0.2) is 0 Å². The molecule has 0 bridgehead atoms. The van der Waals surface area contributed by atoms with Gasteiger partial charge in [-0.15, -0.1) is 24.8 Å². The molecule has 0 aromatic heterocycles. The van der Waals surface area contributed by atoms with E-state index in [0.29, 0.717) is 32.1 Å². The monoisotopic (exact) mass is 356 g/mol. The number of hydrogen-bond donors (Lipinski definition) is 4. The van der Waals surface area contributed by atoms with Gasteiger partial charge in [-0.05, 0) is 25.7 Å². The first kappa shape index (κ1) is 21.4. The van der Waals surface area contributed by atoms with E-state index in [1.165, 1.54) is 0 Å². The molecule has 8 heteroatoms. The zero-order valence-corrected chi connectivity index (χ0v) is 14.1. The van der Waals surface area contributed by atoms with Crippen LogP contribution in [-0.4, -0.2) is 33.7 Å². The molecule has 4 unspecified atom stereocenters. The minimum Gasteiger partial charge on any atom is -0.481 e. The summed E-state index contributed by atoms with van der Waals surface area (Å²) in [7, 11) is 0. The predicted octanol–water partition coefficient (Wildman–Crippen LogP) is 1.77. The third-order valence-electron chi connectivity index (χ3n) is 5.44. The van der Waals surface area contributed by atoms with E-state index in [2.05, 4.69) is 0 Å². The summed E-state index contributed by atoms with van der Waals surface area (Å²) in [6.07, 6.45) is 5.00. The van der Waals surface area contributed by atoms with Gasteiger partial charge < -0.3 is 21.7 Å². The van der Waals surface area contributed by atoms with Gasteiger partial charge in [-0.3, -0.25) is 9.59 Å². The van der Waals surface area contributed by atoms with Crippen molar-refractivity contribution in [2.75, 3.05) is 0 Å². The van der Waals surface area contributed by atoms with Crippen LogP contribution in [-0.2, 0) is 9.59 Å². The SMILES string of the molecule is Cl.Cl.NC1CCCCC1(N)C1(C(=O)O)CCCCC1C(=O)O. The molecule has 0 heterocycles. The van der Waals surface area contributed by atoms with Gasteiger partial charge in [0.2, 0.25) is 0 Å². The van der Waals surface area contributed by atoms with Crippen LogP contribution in [0.1, 0.15) is 51.4 Å². The average molecular weight is 357 g/mol. The number of nitrogens with two attached hydrogens (primary N) is 2. The second-order valence-electron chi connectivity index (χ2n) is 6.31. The maximum atomic E-state index is 12.0. The van der Waals surface area contributed by atoms with E-state index in [1.807, 2.05) is 0 Å². The van der Waals surface area contributed by atoms with Crippen LogP contribution in [0, 0.1) is 11.3 Å². The molecule has 2 saturated carbocycles. The van der Waals surface area contributed by atoms with E-state index in [-0.39, 0.29) is 24.8 Å². The smallest absolute Gasteiger partial charge is 0.312 e. The molecule has 22 heavy (non-hydrogen) atoms. The van der Waals surface area contributed by atoms with Gasteiger partial charge in [0.05, 0.1) is 5.92 Å². The van der Waals surface area contributed by atoms with E-state index >= 15 is 0 Å². The molecule has 2 fully saturated rings. The number of halogens is 2. The van der Waals surface area contributed by atoms with Gasteiger partial charge in [-0.1, -0.05) is 25.7 Å². The van der Waals surface area contributed by atoms with Crippen LogP contribution in [0.25, 0.3) is 0 Å². The zero-order valence-electron chi connectivity index (χ0n) is 12.5. The Morgan fingerprint density at radius 2 is 1.50 bits per heavy atom. The molecule has 6 nitrogen and oxygen atoms in total. The Balaban J connectivity index is 0.00000220. The van der Waals surface area contributed by atoms with E-state index in [0.717, 1.165) is 19.3 Å². The van der Waals surface area contributed by atoms with Crippen molar-refractivity contribution in [1.29, 1.82) is 0 Å². The van der Waals surface area contributed by atoms with Gasteiger partial charge in [-0.2, -0.15) is 0 Å². The lowest BCUT2D eigenvalue weighted by Gasteiger charge is -2.54. The maximum absolute atomic E-state index is 12.0. The molecule has 0 amide bonds. The summed E-state index contributed by atoms with van der Waals surface area (Å²) in [4.78, 5) is 23.6. The second-order valence-corrected chi connectivity index (χ2v) is 6.31. The van der Waals surface area contributed by atoms with Crippen molar-refractivity contribution < 1.29 is 19.8 Å². The first-order valence-electron chi connectivity index (χ1n) is 7.37. The molecule has 0 aromatic carbocycles. The largest absolute Gasteiger partial charge is 0.481 e. The molecule has 6 N–H and O–H groups in total. The highest BCUT2D eigenvalue weighted by Gasteiger charge is 2.64. The van der Waals surface area contributed by atoms with Gasteiger partial charge in [0, 0.05) is 11.6 Å². The van der Waals surface area contributed by atoms with Crippen molar-refractivity contribution in [3.8, 4) is 0 Å². The fraction of sp³-hybridized carbons (Fsp3) is 0.857. The van der Waals surface area contributed by atoms with Crippen molar-refractivity contribution in [1.82, 2.24) is 0 Å². The van der Waals surface area contributed by atoms with E-state index in [1.54, 1.807) is 0 Å². The molecule has 0 saturated heterocycles. The van der Waals surface area contributed by atoms with Crippen molar-refractivity contribution in [3.05, 3.63) is 0 Å². The van der Waals surface area contributed by atoms with Crippen LogP contribution in [0.3, 0.4) is 0 Å². The average Bonchev–Trinajstić information content (AvgIpc) is 2.41. The number of hydrogen-bond acceptors (Lipinski definition) is 4. The lowest BCUT2D eigenvalue weighted by Crippen LogP contribution is -2.72. The molecule has 2 rings (SSSR count). The Morgan fingerprint density at radius 1 is 0.955 bits per heavy atom. The van der Waals surface area contributed by atoms with Crippen LogP contribution in [0.15, 0.2) is 0 Å². The zero-order chi connectivity index (χ0) is 15.0. The molecule has 130 valence electrons. The molecule has 2 aliphatic rings. The quantitative estimate of drug-likeness (QED) is 0.610. The molecular weight excluding hydrogens is 331 g/mol. The Morgan fingerprint density at radius 3 is 2.00 bits per heavy atom. The summed E-state index contributed by atoms with van der Waals surface area (Å²) in [6, 6.07) is -0.452. The molecule has 4 atom stereocenters. The molecular formula is C14H26Cl2N2O4. The van der Waals surface area contributed by atoms with Crippen molar-refractivity contribution in [3.63, 3.8) is 0 Å².